The minimum absolute atomic E-state index is 0.0830. The summed E-state index contributed by atoms with van der Waals surface area (Å²) in [5.41, 5.74) is 4.72. The number of rotatable bonds is 3. The molecule has 0 spiro atoms. The highest BCUT2D eigenvalue weighted by molar-refractivity contribution is 8.13. The Morgan fingerprint density at radius 2 is 1.85 bits per heavy atom. The third-order valence-corrected chi connectivity index (χ3v) is 7.82. The number of sulfone groups is 1. The van der Waals surface area contributed by atoms with Crippen molar-refractivity contribution in [3.8, 4) is 0 Å². The maximum atomic E-state index is 12.1. The van der Waals surface area contributed by atoms with Gasteiger partial charge < -0.3 is 4.90 Å². The number of aryl methyl sites for hydroxylation is 2. The van der Waals surface area contributed by atoms with Crippen LogP contribution in [0.2, 0.25) is 0 Å². The smallest absolute Gasteiger partial charge is 0.164 e. The number of hydrogen-bond donors (Lipinski definition) is 0. The van der Waals surface area contributed by atoms with Gasteiger partial charge in [-0.25, -0.2) is 8.42 Å². The van der Waals surface area contributed by atoms with Crippen LogP contribution >= 0.6 is 11.8 Å². The minimum Gasteiger partial charge on any atom is -0.315 e. The molecule has 4 rings (SSSR count). The van der Waals surface area contributed by atoms with Crippen LogP contribution in [0.5, 0.6) is 0 Å². The first-order valence-electron chi connectivity index (χ1n) is 8.74. The van der Waals surface area contributed by atoms with E-state index in [0.717, 1.165) is 16.6 Å². The number of fused-ring (bicyclic) bond motifs is 1. The van der Waals surface area contributed by atoms with Crippen molar-refractivity contribution in [3.05, 3.63) is 65.2 Å². The number of thioether (sulfide) groups is 1. The Morgan fingerprint density at radius 1 is 1.08 bits per heavy atom. The molecule has 0 N–H and O–H groups in total. The molecule has 26 heavy (non-hydrogen) atoms. The van der Waals surface area contributed by atoms with Crippen LogP contribution in [0.4, 0.5) is 5.69 Å². The van der Waals surface area contributed by atoms with Crippen molar-refractivity contribution in [2.24, 2.45) is 4.99 Å². The normalized spacial score (nSPS) is 23.8. The molecule has 2 atom stereocenters. The van der Waals surface area contributed by atoms with E-state index in [9.17, 15) is 8.42 Å². The van der Waals surface area contributed by atoms with E-state index in [-0.39, 0.29) is 23.6 Å². The van der Waals surface area contributed by atoms with Crippen LogP contribution < -0.4 is 4.90 Å². The van der Waals surface area contributed by atoms with Gasteiger partial charge >= 0.3 is 0 Å². The predicted octanol–water partition coefficient (Wildman–Crippen LogP) is 3.58. The maximum Gasteiger partial charge on any atom is 0.164 e. The number of anilines is 1. The lowest BCUT2D eigenvalue weighted by molar-refractivity contribution is 0.601. The SMILES string of the molecule is Cc1ccc(N2C(SCc3ccccc3)=NC3CS(=O)(=O)CC32)cc1C. The topological polar surface area (TPSA) is 49.7 Å². The van der Waals surface area contributed by atoms with Gasteiger partial charge in [0.05, 0.1) is 23.6 Å². The van der Waals surface area contributed by atoms with Crippen molar-refractivity contribution in [3.63, 3.8) is 0 Å². The molecule has 0 bridgehead atoms. The fraction of sp³-hybridized carbons (Fsp3) is 0.350. The maximum absolute atomic E-state index is 12.1. The number of amidine groups is 1. The van der Waals surface area contributed by atoms with Crippen LogP contribution in [0.15, 0.2) is 53.5 Å². The molecule has 1 fully saturated rings. The molecule has 0 amide bonds. The van der Waals surface area contributed by atoms with E-state index >= 15 is 0 Å². The van der Waals surface area contributed by atoms with Gasteiger partial charge in [-0.3, -0.25) is 4.99 Å². The van der Waals surface area contributed by atoms with Crippen molar-refractivity contribution in [2.45, 2.75) is 31.7 Å². The van der Waals surface area contributed by atoms with Gasteiger partial charge in [-0.15, -0.1) is 0 Å². The van der Waals surface area contributed by atoms with Crippen molar-refractivity contribution in [1.82, 2.24) is 0 Å². The molecule has 4 nitrogen and oxygen atoms in total. The zero-order valence-electron chi connectivity index (χ0n) is 14.9. The van der Waals surface area contributed by atoms with Gasteiger partial charge in [-0.1, -0.05) is 48.2 Å². The van der Waals surface area contributed by atoms with E-state index in [4.69, 9.17) is 4.99 Å². The second-order valence-electron chi connectivity index (χ2n) is 7.04. The molecule has 2 aromatic carbocycles. The van der Waals surface area contributed by atoms with Crippen molar-refractivity contribution in [2.75, 3.05) is 16.4 Å². The number of nitrogens with zero attached hydrogens (tertiary/aromatic N) is 2. The summed E-state index contributed by atoms with van der Waals surface area (Å²) in [6.45, 7) is 4.18. The first-order valence-corrected chi connectivity index (χ1v) is 11.5. The van der Waals surface area contributed by atoms with Crippen molar-refractivity contribution in [1.29, 1.82) is 0 Å². The van der Waals surface area contributed by atoms with Crippen molar-refractivity contribution < 1.29 is 8.42 Å². The molecule has 2 aliphatic rings. The largest absolute Gasteiger partial charge is 0.315 e. The summed E-state index contributed by atoms with van der Waals surface area (Å²) >= 11 is 1.69. The van der Waals surface area contributed by atoms with Crippen LogP contribution in [-0.4, -0.2) is 37.2 Å². The van der Waals surface area contributed by atoms with E-state index in [0.29, 0.717) is 0 Å². The van der Waals surface area contributed by atoms with Crippen molar-refractivity contribution >= 4 is 32.5 Å². The van der Waals surface area contributed by atoms with Gasteiger partial charge in [0.1, 0.15) is 0 Å². The van der Waals surface area contributed by atoms with Gasteiger partial charge in [0, 0.05) is 11.4 Å². The Labute approximate surface area is 159 Å². The Balaban J connectivity index is 1.65. The molecule has 0 aromatic heterocycles. The zero-order valence-corrected chi connectivity index (χ0v) is 16.6. The van der Waals surface area contributed by atoms with Crippen LogP contribution in [0.3, 0.4) is 0 Å². The zero-order chi connectivity index (χ0) is 18.3. The quantitative estimate of drug-likeness (QED) is 0.809. The average molecular weight is 387 g/mol. The highest BCUT2D eigenvalue weighted by atomic mass is 32.2. The monoisotopic (exact) mass is 386 g/mol. The third kappa shape index (κ3) is 3.40. The Bertz CT molecular complexity index is 955. The summed E-state index contributed by atoms with van der Waals surface area (Å²) in [5.74, 6) is 1.17. The summed E-state index contributed by atoms with van der Waals surface area (Å²) in [6.07, 6.45) is 0. The van der Waals surface area contributed by atoms with Gasteiger partial charge in [0.25, 0.3) is 0 Å². The second-order valence-corrected chi connectivity index (χ2v) is 10.1. The number of benzene rings is 2. The van der Waals surface area contributed by atoms with Crippen LogP contribution in [-0.2, 0) is 15.6 Å². The molecular weight excluding hydrogens is 364 g/mol. The van der Waals surface area contributed by atoms with E-state index in [1.165, 1.54) is 16.7 Å². The molecule has 0 saturated carbocycles. The molecule has 0 radical (unpaired) electrons. The Morgan fingerprint density at radius 3 is 2.58 bits per heavy atom. The summed E-state index contributed by atoms with van der Waals surface area (Å²) < 4.78 is 24.3. The van der Waals surface area contributed by atoms with E-state index in [1.807, 2.05) is 18.2 Å². The highest BCUT2D eigenvalue weighted by Gasteiger charge is 2.47. The molecule has 2 heterocycles. The van der Waals surface area contributed by atoms with Gasteiger partial charge in [0.2, 0.25) is 0 Å². The summed E-state index contributed by atoms with van der Waals surface area (Å²) in [7, 11) is -3.01. The molecular formula is C20H22N2O2S2. The predicted molar refractivity (Wildman–Crippen MR) is 110 cm³/mol. The van der Waals surface area contributed by atoms with E-state index in [1.54, 1.807) is 11.8 Å². The average Bonchev–Trinajstić information content (AvgIpc) is 3.07. The molecule has 2 aromatic rings. The lowest BCUT2D eigenvalue weighted by Crippen LogP contribution is -2.39. The number of hydrogen-bond acceptors (Lipinski definition) is 5. The second kappa shape index (κ2) is 6.74. The fourth-order valence-electron chi connectivity index (χ4n) is 3.53. The lowest BCUT2D eigenvalue weighted by Gasteiger charge is -2.27. The first-order chi connectivity index (χ1) is 12.4. The Hall–Kier alpha value is -1.79. The first kappa shape index (κ1) is 17.6. The summed E-state index contributed by atoms with van der Waals surface area (Å²) in [5, 5.41) is 0.932. The van der Waals surface area contributed by atoms with E-state index < -0.39 is 9.84 Å². The fourth-order valence-corrected chi connectivity index (χ4v) is 6.46. The summed E-state index contributed by atoms with van der Waals surface area (Å²) in [6, 6.07) is 16.4. The standard InChI is InChI=1S/C20H22N2O2S2/c1-14-8-9-17(10-15(14)2)22-19-13-26(23,24)12-18(19)21-20(22)25-11-16-6-4-3-5-7-16/h3-10,18-19H,11-13H2,1-2H3. The van der Waals surface area contributed by atoms with Gasteiger partial charge in [-0.05, 0) is 42.7 Å². The van der Waals surface area contributed by atoms with Gasteiger partial charge in [0.15, 0.2) is 15.0 Å². The minimum atomic E-state index is -3.01. The van der Waals surface area contributed by atoms with Gasteiger partial charge in [-0.2, -0.15) is 0 Å². The lowest BCUT2D eigenvalue weighted by atomic mass is 10.1. The highest BCUT2D eigenvalue weighted by Crippen LogP contribution is 2.36. The molecule has 2 unspecified atom stereocenters. The van der Waals surface area contributed by atoms with E-state index in [2.05, 4.69) is 49.1 Å². The molecule has 136 valence electrons. The number of aliphatic imine (C=N–C) groups is 1. The summed E-state index contributed by atoms with van der Waals surface area (Å²) in [4.78, 5) is 6.95. The van der Waals surface area contributed by atoms with Crippen LogP contribution in [0.1, 0.15) is 16.7 Å². The molecule has 2 aliphatic heterocycles. The Kier molecular flexibility index (Phi) is 4.57. The molecule has 0 aliphatic carbocycles. The molecule has 6 heteroatoms. The third-order valence-electron chi connectivity index (χ3n) is 5.09. The van der Waals surface area contributed by atoms with Crippen LogP contribution in [0, 0.1) is 13.8 Å². The van der Waals surface area contributed by atoms with Crippen LogP contribution in [0.25, 0.3) is 0 Å². The molecule has 1 saturated heterocycles.